The van der Waals surface area contributed by atoms with Crippen molar-refractivity contribution in [3.05, 3.63) is 0 Å². The van der Waals surface area contributed by atoms with E-state index in [1.165, 1.54) is 6.92 Å². The molecule has 4 N–H and O–H groups in total. The number of rotatable bonds is 4. The summed E-state index contributed by atoms with van der Waals surface area (Å²) < 4.78 is 0. The van der Waals surface area contributed by atoms with Crippen molar-refractivity contribution in [1.82, 2.24) is 0 Å². The highest BCUT2D eigenvalue weighted by atomic mass is 16.4. The lowest BCUT2D eigenvalue weighted by atomic mass is 9.90. The van der Waals surface area contributed by atoms with Crippen molar-refractivity contribution in [2.75, 3.05) is 0 Å². The van der Waals surface area contributed by atoms with E-state index in [1.807, 2.05) is 0 Å². The van der Waals surface area contributed by atoms with Crippen LogP contribution < -0.4 is 0 Å². The third-order valence-electron chi connectivity index (χ3n) is 3.13. The van der Waals surface area contributed by atoms with Crippen molar-refractivity contribution in [3.8, 4) is 0 Å². The zero-order valence-electron chi connectivity index (χ0n) is 8.71. The van der Waals surface area contributed by atoms with Gasteiger partial charge in [0.2, 0.25) is 0 Å². The predicted octanol–water partition coefficient (Wildman–Crippen LogP) is -1.18. The maximum absolute atomic E-state index is 10.3. The molecule has 0 aromatic rings. The summed E-state index contributed by atoms with van der Waals surface area (Å²) in [5.74, 6) is -0.333. The Morgan fingerprint density at radius 1 is 1.47 bits per heavy atom. The van der Waals surface area contributed by atoms with Gasteiger partial charge in [-0.1, -0.05) is 0 Å². The van der Waals surface area contributed by atoms with Gasteiger partial charge in [-0.3, -0.25) is 0 Å². The molecule has 1 aliphatic carbocycles. The fourth-order valence-electron chi connectivity index (χ4n) is 2.26. The highest BCUT2D eigenvalue weighted by molar-refractivity contribution is 5.50. The van der Waals surface area contributed by atoms with Gasteiger partial charge in [-0.2, -0.15) is 0 Å². The summed E-state index contributed by atoms with van der Waals surface area (Å²) in [6.45, 7) is 1.38. The number of aliphatic hydroxyl groups is 4. The number of carbonyl (C=O) groups is 1. The van der Waals surface area contributed by atoms with Crippen LogP contribution >= 0.6 is 0 Å². The average Bonchev–Trinajstić information content (AvgIpc) is 2.42. The lowest BCUT2D eigenvalue weighted by Crippen LogP contribution is -2.46. The van der Waals surface area contributed by atoms with Gasteiger partial charge < -0.3 is 25.2 Å². The third kappa shape index (κ3) is 2.55. The fourth-order valence-corrected chi connectivity index (χ4v) is 2.26. The molecule has 0 aromatic heterocycles. The molecule has 0 amide bonds. The highest BCUT2D eigenvalue weighted by Gasteiger charge is 2.48. The first-order valence-corrected chi connectivity index (χ1v) is 5.11. The third-order valence-corrected chi connectivity index (χ3v) is 3.13. The van der Waals surface area contributed by atoms with Crippen LogP contribution in [-0.4, -0.2) is 50.6 Å². The largest absolute Gasteiger partial charge is 0.393 e. The molecule has 0 saturated heterocycles. The first-order valence-electron chi connectivity index (χ1n) is 5.11. The fraction of sp³-hybridized carbons (Fsp3) is 0.900. The molecular formula is C10H18O5. The summed E-state index contributed by atoms with van der Waals surface area (Å²) in [5.41, 5.74) is -1.48. The maximum atomic E-state index is 10.3. The van der Waals surface area contributed by atoms with E-state index in [4.69, 9.17) is 0 Å². The molecule has 0 aliphatic heterocycles. The van der Waals surface area contributed by atoms with Gasteiger partial charge in [0.1, 0.15) is 12.4 Å². The number of aldehydes is 1. The van der Waals surface area contributed by atoms with E-state index in [9.17, 15) is 25.2 Å². The summed E-state index contributed by atoms with van der Waals surface area (Å²) in [5, 5.41) is 38.4. The molecule has 1 saturated carbocycles. The van der Waals surface area contributed by atoms with E-state index in [1.54, 1.807) is 0 Å². The first kappa shape index (κ1) is 12.6. The molecule has 0 spiro atoms. The van der Waals surface area contributed by atoms with E-state index in [-0.39, 0.29) is 25.2 Å². The van der Waals surface area contributed by atoms with Crippen LogP contribution in [0.25, 0.3) is 0 Å². The van der Waals surface area contributed by atoms with E-state index in [0.717, 1.165) is 0 Å². The minimum Gasteiger partial charge on any atom is -0.393 e. The molecule has 0 heterocycles. The quantitative estimate of drug-likeness (QED) is 0.445. The molecule has 5 nitrogen and oxygen atoms in total. The summed E-state index contributed by atoms with van der Waals surface area (Å²) in [6.07, 6.45) is -2.16. The van der Waals surface area contributed by atoms with E-state index < -0.39 is 23.9 Å². The van der Waals surface area contributed by atoms with Gasteiger partial charge in [0.15, 0.2) is 0 Å². The molecule has 1 aliphatic rings. The van der Waals surface area contributed by atoms with Crippen molar-refractivity contribution in [3.63, 3.8) is 0 Å². The van der Waals surface area contributed by atoms with Crippen molar-refractivity contribution in [1.29, 1.82) is 0 Å². The van der Waals surface area contributed by atoms with Crippen molar-refractivity contribution >= 4 is 6.29 Å². The molecule has 0 radical (unpaired) electrons. The van der Waals surface area contributed by atoms with Gasteiger partial charge in [0.25, 0.3) is 0 Å². The second-order valence-corrected chi connectivity index (χ2v) is 4.43. The summed E-state index contributed by atoms with van der Waals surface area (Å²) in [4.78, 5) is 10.3. The van der Waals surface area contributed by atoms with Crippen LogP contribution in [0.5, 0.6) is 0 Å². The Labute approximate surface area is 88.4 Å². The zero-order chi connectivity index (χ0) is 11.6. The van der Waals surface area contributed by atoms with E-state index in [2.05, 4.69) is 0 Å². The minimum atomic E-state index is -1.48. The molecular weight excluding hydrogens is 200 g/mol. The Morgan fingerprint density at radius 2 is 2.07 bits per heavy atom. The molecule has 0 bridgehead atoms. The van der Waals surface area contributed by atoms with Crippen molar-refractivity contribution < 1.29 is 25.2 Å². The zero-order valence-corrected chi connectivity index (χ0v) is 8.71. The van der Waals surface area contributed by atoms with Crippen molar-refractivity contribution in [2.24, 2.45) is 5.92 Å². The van der Waals surface area contributed by atoms with Gasteiger partial charge in [-0.05, 0) is 19.3 Å². The van der Waals surface area contributed by atoms with Crippen LogP contribution in [0.2, 0.25) is 0 Å². The van der Waals surface area contributed by atoms with E-state index in [0.29, 0.717) is 6.29 Å². The molecule has 5 atom stereocenters. The second kappa shape index (κ2) is 4.57. The van der Waals surface area contributed by atoms with E-state index >= 15 is 0 Å². The van der Waals surface area contributed by atoms with Crippen LogP contribution in [0.15, 0.2) is 0 Å². The van der Waals surface area contributed by atoms with Gasteiger partial charge in [0, 0.05) is 12.8 Å². The summed E-state index contributed by atoms with van der Waals surface area (Å²) in [7, 11) is 0. The van der Waals surface area contributed by atoms with Crippen LogP contribution in [-0.2, 0) is 4.79 Å². The van der Waals surface area contributed by atoms with Gasteiger partial charge in [-0.25, -0.2) is 0 Å². The van der Waals surface area contributed by atoms with Gasteiger partial charge in [0.05, 0.1) is 17.8 Å². The lowest BCUT2D eigenvalue weighted by molar-refractivity contribution is -0.121. The standard InChI is InChI=1S/C10H18O5/c1-6(12)9(14)10(15)4-7(2-3-11)8(13)5-10/h3,6-9,12-15H,2,4-5H2,1H3/t6?,7-,8+,9-,10-/m0/s1. The number of carbonyl (C=O) groups excluding carboxylic acids is 1. The van der Waals surface area contributed by atoms with Crippen molar-refractivity contribution in [2.45, 2.75) is 50.1 Å². The Kier molecular flexibility index (Phi) is 3.83. The number of hydrogen-bond donors (Lipinski definition) is 4. The number of hydrogen-bond acceptors (Lipinski definition) is 5. The Balaban J connectivity index is 2.69. The summed E-state index contributed by atoms with van der Waals surface area (Å²) >= 11 is 0. The first-order chi connectivity index (χ1) is 6.90. The minimum absolute atomic E-state index is 0.00241. The second-order valence-electron chi connectivity index (χ2n) is 4.43. The van der Waals surface area contributed by atoms with Crippen LogP contribution in [0.4, 0.5) is 0 Å². The normalized spacial score (nSPS) is 40.1. The lowest BCUT2D eigenvalue weighted by Gasteiger charge is -2.30. The molecule has 1 fully saturated rings. The molecule has 1 rings (SSSR count). The smallest absolute Gasteiger partial charge is 0.120 e. The van der Waals surface area contributed by atoms with Gasteiger partial charge in [-0.15, -0.1) is 0 Å². The summed E-state index contributed by atoms with van der Waals surface area (Å²) in [6, 6.07) is 0. The Morgan fingerprint density at radius 3 is 2.53 bits per heavy atom. The molecule has 88 valence electrons. The van der Waals surface area contributed by atoms with Crippen LogP contribution in [0.1, 0.15) is 26.2 Å². The predicted molar refractivity (Wildman–Crippen MR) is 52.0 cm³/mol. The average molecular weight is 218 g/mol. The molecule has 1 unspecified atom stereocenters. The van der Waals surface area contributed by atoms with Crippen LogP contribution in [0.3, 0.4) is 0 Å². The molecule has 0 aromatic carbocycles. The molecule has 5 heteroatoms. The van der Waals surface area contributed by atoms with Crippen LogP contribution in [0, 0.1) is 5.92 Å². The SMILES string of the molecule is CC(O)[C@H](O)[C@]1(O)C[C@H](CC=O)[C@H](O)C1. The monoisotopic (exact) mass is 218 g/mol. The number of aliphatic hydroxyl groups excluding tert-OH is 3. The van der Waals surface area contributed by atoms with Gasteiger partial charge >= 0.3 is 0 Å². The maximum Gasteiger partial charge on any atom is 0.120 e. The Hall–Kier alpha value is -0.490. The molecule has 15 heavy (non-hydrogen) atoms. The topological polar surface area (TPSA) is 98.0 Å². The highest BCUT2D eigenvalue weighted by Crippen LogP contribution is 2.39. The Bertz CT molecular complexity index is 230.